The van der Waals surface area contributed by atoms with E-state index in [0.717, 1.165) is 10.9 Å². The number of primary amides is 1. The van der Waals surface area contributed by atoms with Gasteiger partial charge in [0, 0.05) is 30.1 Å². The molecule has 0 bridgehead atoms. The molecule has 0 radical (unpaired) electrons. The number of benzene rings is 2. The molecule has 0 aliphatic heterocycles. The number of pyridine rings is 1. The second kappa shape index (κ2) is 7.61. The molecular formula is C19H16N4O4. The molecule has 1 aromatic heterocycles. The highest BCUT2D eigenvalue weighted by molar-refractivity contribution is 5.99. The Morgan fingerprint density at radius 3 is 2.52 bits per heavy atom. The quantitative estimate of drug-likeness (QED) is 0.510. The summed E-state index contributed by atoms with van der Waals surface area (Å²) in [6, 6.07) is 13.8. The lowest BCUT2D eigenvalue weighted by Crippen LogP contribution is -2.45. The van der Waals surface area contributed by atoms with Crippen molar-refractivity contribution in [2.45, 2.75) is 12.5 Å². The zero-order valence-corrected chi connectivity index (χ0v) is 14.2. The van der Waals surface area contributed by atoms with Crippen molar-refractivity contribution in [3.63, 3.8) is 0 Å². The van der Waals surface area contributed by atoms with Crippen molar-refractivity contribution in [3.8, 4) is 0 Å². The van der Waals surface area contributed by atoms with Crippen molar-refractivity contribution in [3.05, 3.63) is 82.0 Å². The van der Waals surface area contributed by atoms with E-state index in [2.05, 4.69) is 10.3 Å². The van der Waals surface area contributed by atoms with Crippen LogP contribution in [0, 0.1) is 10.1 Å². The Hall–Kier alpha value is -3.81. The Morgan fingerprint density at radius 2 is 1.85 bits per heavy atom. The van der Waals surface area contributed by atoms with E-state index in [-0.39, 0.29) is 12.1 Å². The summed E-state index contributed by atoms with van der Waals surface area (Å²) in [5.41, 5.74) is 7.05. The molecule has 0 aliphatic carbocycles. The number of rotatable bonds is 6. The second-order valence-electron chi connectivity index (χ2n) is 5.97. The fraction of sp³-hybridized carbons (Fsp3) is 0.105. The van der Waals surface area contributed by atoms with Crippen LogP contribution < -0.4 is 11.1 Å². The standard InChI is InChI=1S/C19H16N4O4/c20-18(24)17(9-12-5-7-15(8-6-12)23(26)27)22-19(25)14-10-13-3-1-2-4-16(13)21-11-14/h1-8,10-11,17H,9H2,(H2,20,24)(H,22,25)/t17-/m0/s1. The number of carbonyl (C=O) groups is 2. The Morgan fingerprint density at radius 1 is 1.15 bits per heavy atom. The molecule has 8 nitrogen and oxygen atoms in total. The Kier molecular flexibility index (Phi) is 5.07. The maximum atomic E-state index is 12.5. The lowest BCUT2D eigenvalue weighted by atomic mass is 10.0. The van der Waals surface area contributed by atoms with Crippen LogP contribution in [0.1, 0.15) is 15.9 Å². The summed E-state index contributed by atoms with van der Waals surface area (Å²) in [4.78, 5) is 38.7. The van der Waals surface area contributed by atoms with Crippen LogP contribution in [-0.2, 0) is 11.2 Å². The number of nitro groups is 1. The van der Waals surface area contributed by atoms with Crippen molar-refractivity contribution in [1.29, 1.82) is 0 Å². The highest BCUT2D eigenvalue weighted by atomic mass is 16.6. The molecule has 8 heteroatoms. The fourth-order valence-electron chi connectivity index (χ4n) is 2.65. The van der Waals surface area contributed by atoms with Gasteiger partial charge in [0.15, 0.2) is 0 Å². The maximum absolute atomic E-state index is 12.5. The van der Waals surface area contributed by atoms with Crippen LogP contribution in [0.15, 0.2) is 60.8 Å². The first-order valence-electron chi connectivity index (χ1n) is 8.12. The van der Waals surface area contributed by atoms with Crippen LogP contribution in [0.4, 0.5) is 5.69 Å². The zero-order valence-electron chi connectivity index (χ0n) is 14.2. The molecule has 27 heavy (non-hydrogen) atoms. The molecule has 3 aromatic rings. The number of amides is 2. The summed E-state index contributed by atoms with van der Waals surface area (Å²) in [5, 5.41) is 14.1. The molecule has 1 heterocycles. The highest BCUT2D eigenvalue weighted by Crippen LogP contribution is 2.15. The van der Waals surface area contributed by atoms with Gasteiger partial charge in [0.05, 0.1) is 16.0 Å². The Labute approximate surface area is 154 Å². The molecule has 0 spiro atoms. The predicted octanol–water partition coefficient (Wildman–Crippen LogP) is 1.97. The number of para-hydroxylation sites is 1. The summed E-state index contributed by atoms with van der Waals surface area (Å²) in [5.74, 6) is -1.17. The van der Waals surface area contributed by atoms with E-state index in [4.69, 9.17) is 5.73 Å². The number of nitrogens with two attached hydrogens (primary N) is 1. The predicted molar refractivity (Wildman–Crippen MR) is 99.0 cm³/mol. The largest absolute Gasteiger partial charge is 0.368 e. The van der Waals surface area contributed by atoms with Crippen LogP contribution in [0.25, 0.3) is 10.9 Å². The molecule has 0 saturated heterocycles. The van der Waals surface area contributed by atoms with E-state index < -0.39 is 22.8 Å². The number of nitro benzene ring substituents is 1. The summed E-state index contributed by atoms with van der Waals surface area (Å²) in [6.07, 6.45) is 1.56. The molecule has 3 rings (SSSR count). The minimum atomic E-state index is -0.953. The fourth-order valence-corrected chi connectivity index (χ4v) is 2.65. The summed E-state index contributed by atoms with van der Waals surface area (Å²) < 4.78 is 0. The van der Waals surface area contributed by atoms with Gasteiger partial charge < -0.3 is 11.1 Å². The Balaban J connectivity index is 1.75. The van der Waals surface area contributed by atoms with Crippen LogP contribution >= 0.6 is 0 Å². The number of nitrogens with zero attached hydrogens (tertiary/aromatic N) is 2. The number of hydrogen-bond donors (Lipinski definition) is 2. The monoisotopic (exact) mass is 364 g/mol. The number of fused-ring (bicyclic) bond motifs is 1. The highest BCUT2D eigenvalue weighted by Gasteiger charge is 2.20. The lowest BCUT2D eigenvalue weighted by Gasteiger charge is -2.15. The first kappa shape index (κ1) is 18.0. The van der Waals surface area contributed by atoms with Crippen LogP contribution in [-0.4, -0.2) is 27.8 Å². The van der Waals surface area contributed by atoms with Gasteiger partial charge in [0.1, 0.15) is 6.04 Å². The van der Waals surface area contributed by atoms with E-state index in [1.54, 1.807) is 6.07 Å². The minimum Gasteiger partial charge on any atom is -0.368 e. The Bertz CT molecular complexity index is 1020. The summed E-state index contributed by atoms with van der Waals surface area (Å²) >= 11 is 0. The van der Waals surface area contributed by atoms with Crippen molar-refractivity contribution >= 4 is 28.4 Å². The molecule has 3 N–H and O–H groups in total. The van der Waals surface area contributed by atoms with Crippen LogP contribution in [0.2, 0.25) is 0 Å². The van der Waals surface area contributed by atoms with Crippen molar-refractivity contribution in [1.82, 2.24) is 10.3 Å². The van der Waals surface area contributed by atoms with Crippen molar-refractivity contribution < 1.29 is 14.5 Å². The SMILES string of the molecule is NC(=O)[C@H](Cc1ccc([N+](=O)[O-])cc1)NC(=O)c1cnc2ccccc2c1. The normalized spacial score (nSPS) is 11.7. The van der Waals surface area contributed by atoms with E-state index >= 15 is 0 Å². The van der Waals surface area contributed by atoms with Gasteiger partial charge in [-0.1, -0.05) is 30.3 Å². The van der Waals surface area contributed by atoms with E-state index in [1.165, 1.54) is 30.5 Å². The van der Waals surface area contributed by atoms with Gasteiger partial charge in [-0.2, -0.15) is 0 Å². The van der Waals surface area contributed by atoms with Crippen molar-refractivity contribution in [2.75, 3.05) is 0 Å². The van der Waals surface area contributed by atoms with E-state index in [9.17, 15) is 19.7 Å². The molecule has 0 aliphatic rings. The molecule has 0 saturated carbocycles. The molecule has 1 atom stereocenters. The smallest absolute Gasteiger partial charge is 0.269 e. The third-order valence-corrected chi connectivity index (χ3v) is 4.09. The molecule has 0 unspecified atom stereocenters. The topological polar surface area (TPSA) is 128 Å². The van der Waals surface area contributed by atoms with E-state index in [1.807, 2.05) is 24.3 Å². The van der Waals surface area contributed by atoms with Gasteiger partial charge in [-0.3, -0.25) is 24.7 Å². The zero-order chi connectivity index (χ0) is 19.4. The van der Waals surface area contributed by atoms with Gasteiger partial charge >= 0.3 is 0 Å². The van der Waals surface area contributed by atoms with Crippen LogP contribution in [0.3, 0.4) is 0 Å². The second-order valence-corrected chi connectivity index (χ2v) is 5.97. The van der Waals surface area contributed by atoms with Gasteiger partial charge in [0.25, 0.3) is 11.6 Å². The minimum absolute atomic E-state index is 0.0550. The first-order valence-corrected chi connectivity index (χ1v) is 8.12. The summed E-state index contributed by atoms with van der Waals surface area (Å²) in [6.45, 7) is 0. The number of nitrogens with one attached hydrogen (secondary N) is 1. The number of hydrogen-bond acceptors (Lipinski definition) is 5. The van der Waals surface area contributed by atoms with Gasteiger partial charge in [-0.05, 0) is 17.7 Å². The maximum Gasteiger partial charge on any atom is 0.269 e. The number of aromatic nitrogens is 1. The number of non-ortho nitro benzene ring substituents is 1. The third kappa shape index (κ3) is 4.24. The average molecular weight is 364 g/mol. The van der Waals surface area contributed by atoms with Gasteiger partial charge in [-0.15, -0.1) is 0 Å². The van der Waals surface area contributed by atoms with Crippen LogP contribution in [0.5, 0.6) is 0 Å². The molecule has 0 fully saturated rings. The van der Waals surface area contributed by atoms with Crippen molar-refractivity contribution in [2.24, 2.45) is 5.73 Å². The van der Waals surface area contributed by atoms with Gasteiger partial charge in [0.2, 0.25) is 5.91 Å². The molecular weight excluding hydrogens is 348 g/mol. The lowest BCUT2D eigenvalue weighted by molar-refractivity contribution is -0.384. The summed E-state index contributed by atoms with van der Waals surface area (Å²) in [7, 11) is 0. The molecule has 2 amide bonds. The molecule has 136 valence electrons. The number of carbonyl (C=O) groups excluding carboxylic acids is 2. The molecule has 2 aromatic carbocycles. The average Bonchev–Trinajstić information content (AvgIpc) is 2.67. The third-order valence-electron chi connectivity index (χ3n) is 4.09. The van der Waals surface area contributed by atoms with E-state index in [0.29, 0.717) is 11.1 Å². The van der Waals surface area contributed by atoms with Gasteiger partial charge in [-0.25, -0.2) is 0 Å². The first-order chi connectivity index (χ1) is 12.9.